The zero-order chi connectivity index (χ0) is 25.8. The van der Waals surface area contributed by atoms with Crippen LogP contribution in [0.2, 0.25) is 5.02 Å². The Kier molecular flexibility index (Phi) is 8.49. The summed E-state index contributed by atoms with van der Waals surface area (Å²) in [5.41, 5.74) is 1.94. The van der Waals surface area contributed by atoms with Crippen molar-refractivity contribution >= 4 is 60.6 Å². The number of nitrogens with zero attached hydrogens (tertiary/aromatic N) is 3. The molecule has 0 aliphatic heterocycles. The average Bonchev–Trinajstić information content (AvgIpc) is 2.87. The molecule has 4 rings (SSSR count). The summed E-state index contributed by atoms with van der Waals surface area (Å²) in [5.74, 6) is 1.55. The van der Waals surface area contributed by atoms with Crippen LogP contribution in [0, 0.1) is 0 Å². The molecule has 0 N–H and O–H groups in total. The normalized spacial score (nSPS) is 12.3. The molecular weight excluding hydrogens is 610 g/mol. The lowest BCUT2D eigenvalue weighted by Crippen LogP contribution is -2.23. The van der Waals surface area contributed by atoms with Gasteiger partial charge in [-0.15, -0.1) is 0 Å². The minimum atomic E-state index is -0.251. The van der Waals surface area contributed by atoms with E-state index in [1.54, 1.807) is 31.5 Å². The molecule has 0 saturated carbocycles. The predicted molar refractivity (Wildman–Crippen MR) is 152 cm³/mol. The lowest BCUT2D eigenvalue weighted by atomic mass is 10.1. The molecular formula is C27H24Br2ClN3O3. The number of hydrogen-bond acceptors (Lipinski definition) is 5. The summed E-state index contributed by atoms with van der Waals surface area (Å²) in [4.78, 5) is 18.2. The van der Waals surface area contributed by atoms with Gasteiger partial charge in [0.1, 0.15) is 12.4 Å². The Morgan fingerprint density at radius 3 is 2.53 bits per heavy atom. The first-order valence-electron chi connectivity index (χ1n) is 11.3. The lowest BCUT2D eigenvalue weighted by molar-refractivity contribution is 0.284. The van der Waals surface area contributed by atoms with Crippen LogP contribution >= 0.6 is 43.5 Å². The van der Waals surface area contributed by atoms with Gasteiger partial charge in [-0.1, -0.05) is 69.4 Å². The average molecular weight is 634 g/mol. The van der Waals surface area contributed by atoms with E-state index in [4.69, 9.17) is 26.1 Å². The highest BCUT2D eigenvalue weighted by molar-refractivity contribution is 9.10. The van der Waals surface area contributed by atoms with Crippen LogP contribution in [-0.2, 0) is 6.61 Å². The van der Waals surface area contributed by atoms with Gasteiger partial charge in [0.05, 0.1) is 24.2 Å². The van der Waals surface area contributed by atoms with Crippen molar-refractivity contribution in [3.05, 3.63) is 95.9 Å². The van der Waals surface area contributed by atoms with Crippen LogP contribution in [0.1, 0.15) is 43.1 Å². The number of aromatic nitrogens is 2. The second-order valence-electron chi connectivity index (χ2n) is 8.24. The Hall–Kier alpha value is -2.68. The molecule has 0 fully saturated rings. The highest BCUT2D eigenvalue weighted by Gasteiger charge is 2.17. The van der Waals surface area contributed by atoms with Crippen LogP contribution in [0.5, 0.6) is 11.5 Å². The van der Waals surface area contributed by atoms with Gasteiger partial charge in [-0.05, 0) is 48.4 Å². The first-order valence-corrected chi connectivity index (χ1v) is 13.3. The van der Waals surface area contributed by atoms with Crippen LogP contribution in [0.4, 0.5) is 0 Å². The fourth-order valence-electron chi connectivity index (χ4n) is 3.63. The van der Waals surface area contributed by atoms with Crippen molar-refractivity contribution in [2.45, 2.75) is 32.8 Å². The smallest absolute Gasteiger partial charge is 0.282 e. The van der Waals surface area contributed by atoms with Gasteiger partial charge in [0.2, 0.25) is 0 Å². The molecule has 0 saturated heterocycles. The highest BCUT2D eigenvalue weighted by atomic mass is 79.9. The standard InChI is InChI=1S/C27H24Br2ClN3O3/c1-4-16(2)26-32-23-10-9-20(29)12-22(23)27(34)33(26)31-14-18-11-21(30)13-24(35-3)25(18)36-15-17-5-7-19(28)8-6-17/h5-14,16H,4,15H2,1-3H3/t16-/m0/s1. The largest absolute Gasteiger partial charge is 0.493 e. The quantitative estimate of drug-likeness (QED) is 0.188. The van der Waals surface area contributed by atoms with E-state index in [0.717, 1.165) is 20.9 Å². The van der Waals surface area contributed by atoms with Crippen LogP contribution in [-0.4, -0.2) is 23.0 Å². The van der Waals surface area contributed by atoms with Crippen molar-refractivity contribution in [1.29, 1.82) is 0 Å². The topological polar surface area (TPSA) is 65.7 Å². The van der Waals surface area contributed by atoms with Gasteiger partial charge in [0.15, 0.2) is 11.5 Å². The van der Waals surface area contributed by atoms with E-state index < -0.39 is 0 Å². The lowest BCUT2D eigenvalue weighted by Gasteiger charge is -2.15. The van der Waals surface area contributed by atoms with Gasteiger partial charge < -0.3 is 9.47 Å². The minimum absolute atomic E-state index is 0.0184. The van der Waals surface area contributed by atoms with Crippen LogP contribution in [0.25, 0.3) is 10.9 Å². The molecule has 1 aromatic heterocycles. The molecule has 1 atom stereocenters. The van der Waals surface area contributed by atoms with Gasteiger partial charge in [-0.3, -0.25) is 4.79 Å². The second-order valence-corrected chi connectivity index (χ2v) is 10.5. The minimum Gasteiger partial charge on any atom is -0.493 e. The predicted octanol–water partition coefficient (Wildman–Crippen LogP) is 7.56. The molecule has 3 aromatic carbocycles. The third kappa shape index (κ3) is 5.82. The molecule has 4 aromatic rings. The fourth-order valence-corrected chi connectivity index (χ4v) is 4.47. The van der Waals surface area contributed by atoms with E-state index in [0.29, 0.717) is 45.4 Å². The molecule has 0 spiro atoms. The number of methoxy groups -OCH3 is 1. The van der Waals surface area contributed by atoms with Crippen molar-refractivity contribution < 1.29 is 9.47 Å². The summed E-state index contributed by atoms with van der Waals surface area (Å²) in [6.07, 6.45) is 2.36. The highest BCUT2D eigenvalue weighted by Crippen LogP contribution is 2.34. The molecule has 0 unspecified atom stereocenters. The van der Waals surface area contributed by atoms with E-state index in [-0.39, 0.29) is 11.5 Å². The first kappa shape index (κ1) is 26.4. The zero-order valence-corrected chi connectivity index (χ0v) is 23.9. The Labute approximate surface area is 231 Å². The third-order valence-electron chi connectivity index (χ3n) is 5.76. The summed E-state index contributed by atoms with van der Waals surface area (Å²) < 4.78 is 14.8. The van der Waals surface area contributed by atoms with E-state index in [9.17, 15) is 4.79 Å². The summed E-state index contributed by atoms with van der Waals surface area (Å²) in [6.45, 7) is 4.38. The van der Waals surface area contributed by atoms with Gasteiger partial charge in [-0.2, -0.15) is 9.78 Å². The van der Waals surface area contributed by atoms with Gasteiger partial charge in [0.25, 0.3) is 5.56 Å². The van der Waals surface area contributed by atoms with E-state index in [1.165, 1.54) is 4.68 Å². The van der Waals surface area contributed by atoms with Crippen LogP contribution in [0.3, 0.4) is 0 Å². The number of halogens is 3. The Morgan fingerprint density at radius 2 is 1.83 bits per heavy atom. The van der Waals surface area contributed by atoms with Crippen molar-refractivity contribution in [2.24, 2.45) is 5.10 Å². The van der Waals surface area contributed by atoms with Crippen molar-refractivity contribution in [2.75, 3.05) is 7.11 Å². The summed E-state index contributed by atoms with van der Waals surface area (Å²) in [6, 6.07) is 16.7. The first-order chi connectivity index (χ1) is 17.3. The Balaban J connectivity index is 1.80. The maximum Gasteiger partial charge on any atom is 0.282 e. The molecule has 36 heavy (non-hydrogen) atoms. The molecule has 186 valence electrons. The van der Waals surface area contributed by atoms with Crippen molar-refractivity contribution in [3.63, 3.8) is 0 Å². The fraction of sp³-hybridized carbons (Fsp3) is 0.222. The van der Waals surface area contributed by atoms with E-state index in [1.807, 2.05) is 50.2 Å². The third-order valence-corrected chi connectivity index (χ3v) is 7.00. The maximum atomic E-state index is 13.5. The van der Waals surface area contributed by atoms with Gasteiger partial charge in [0, 0.05) is 31.5 Å². The molecule has 0 bridgehead atoms. The summed E-state index contributed by atoms with van der Waals surface area (Å²) >= 11 is 13.2. The van der Waals surface area contributed by atoms with Gasteiger partial charge >= 0.3 is 0 Å². The van der Waals surface area contributed by atoms with E-state index in [2.05, 4.69) is 37.0 Å². The molecule has 0 radical (unpaired) electrons. The van der Waals surface area contributed by atoms with E-state index >= 15 is 0 Å². The SMILES string of the molecule is CC[C@H](C)c1nc2ccc(Br)cc2c(=O)n1N=Cc1cc(Cl)cc(OC)c1OCc1ccc(Br)cc1. The number of rotatable bonds is 8. The maximum absolute atomic E-state index is 13.5. The van der Waals surface area contributed by atoms with Crippen molar-refractivity contribution in [3.8, 4) is 11.5 Å². The molecule has 6 nitrogen and oxygen atoms in total. The number of fused-ring (bicyclic) bond motifs is 1. The summed E-state index contributed by atoms with van der Waals surface area (Å²) in [5, 5.41) is 5.50. The number of benzene rings is 3. The zero-order valence-electron chi connectivity index (χ0n) is 20.0. The molecule has 0 aliphatic carbocycles. The van der Waals surface area contributed by atoms with Crippen LogP contribution in [0.15, 0.2) is 73.4 Å². The summed E-state index contributed by atoms with van der Waals surface area (Å²) in [7, 11) is 1.55. The van der Waals surface area contributed by atoms with Crippen LogP contribution < -0.4 is 15.0 Å². The second kappa shape index (κ2) is 11.6. The molecule has 1 heterocycles. The molecule has 0 amide bonds. The molecule has 0 aliphatic rings. The monoisotopic (exact) mass is 631 g/mol. The van der Waals surface area contributed by atoms with Gasteiger partial charge in [-0.25, -0.2) is 4.98 Å². The number of hydrogen-bond donors (Lipinski definition) is 0. The Bertz CT molecular complexity index is 1490. The number of ether oxygens (including phenoxy) is 2. The van der Waals surface area contributed by atoms with Crippen molar-refractivity contribution in [1.82, 2.24) is 9.66 Å². The molecule has 9 heteroatoms. The Morgan fingerprint density at radius 1 is 1.11 bits per heavy atom.